The molecule has 0 rings (SSSR count). The molecule has 0 aromatic heterocycles. The highest BCUT2D eigenvalue weighted by Gasteiger charge is 1.96. The summed E-state index contributed by atoms with van der Waals surface area (Å²) in [5.41, 5.74) is 1.01. The number of halogens is 2. The average Bonchev–Trinajstić information content (AvgIpc) is 1.85. The molecule has 0 fully saturated rings. The van der Waals surface area contributed by atoms with Crippen LogP contribution in [0.4, 0.5) is 4.39 Å². The highest BCUT2D eigenvalue weighted by Crippen LogP contribution is 2.16. The second kappa shape index (κ2) is 4.51. The number of allylic oxidation sites excluding steroid dienone is 4. The zero-order valence-electron chi connectivity index (χ0n) is 6.54. The first-order valence-corrected chi connectivity index (χ1v) is 3.64. The minimum absolute atomic E-state index is 0.225. The molecule has 0 amide bonds. The summed E-state index contributed by atoms with van der Waals surface area (Å²) in [5, 5.41) is 0.225. The van der Waals surface area contributed by atoms with Crippen LogP contribution in [0, 0.1) is 0 Å². The Kier molecular flexibility index (Phi) is 4.37. The summed E-state index contributed by atoms with van der Waals surface area (Å²) in [6, 6.07) is 0. The Hall–Kier alpha value is -0.300. The molecule has 0 unspecified atom stereocenters. The third-order valence-corrected chi connectivity index (χ3v) is 1.30. The Morgan fingerprint density at radius 3 is 2.30 bits per heavy atom. The quantitative estimate of drug-likeness (QED) is 0.542. The van der Waals surface area contributed by atoms with Crippen molar-refractivity contribution in [2.75, 3.05) is 0 Å². The number of rotatable bonds is 2. The summed E-state index contributed by atoms with van der Waals surface area (Å²) in [7, 11) is 0. The van der Waals surface area contributed by atoms with Gasteiger partial charge in [0.05, 0.1) is 5.03 Å². The first-order valence-electron chi connectivity index (χ1n) is 3.27. The van der Waals surface area contributed by atoms with E-state index in [9.17, 15) is 4.39 Å². The van der Waals surface area contributed by atoms with Crippen molar-refractivity contribution in [3.8, 4) is 0 Å². The molecule has 0 aromatic carbocycles. The van der Waals surface area contributed by atoms with Gasteiger partial charge in [0.25, 0.3) is 0 Å². The fourth-order valence-electron chi connectivity index (χ4n) is 0.501. The normalized spacial score (nSPS) is 12.5. The van der Waals surface area contributed by atoms with Crippen molar-refractivity contribution in [3.63, 3.8) is 0 Å². The molecule has 0 atom stereocenters. The van der Waals surface area contributed by atoms with Crippen LogP contribution in [0.25, 0.3) is 0 Å². The zero-order chi connectivity index (χ0) is 8.15. The maximum Gasteiger partial charge on any atom is 0.118 e. The van der Waals surface area contributed by atoms with Crippen molar-refractivity contribution in [2.24, 2.45) is 0 Å². The van der Waals surface area contributed by atoms with E-state index in [-0.39, 0.29) is 10.9 Å². The van der Waals surface area contributed by atoms with E-state index in [2.05, 4.69) is 0 Å². The van der Waals surface area contributed by atoms with Gasteiger partial charge in [-0.3, -0.25) is 0 Å². The summed E-state index contributed by atoms with van der Waals surface area (Å²) >= 11 is 5.55. The Morgan fingerprint density at radius 1 is 1.50 bits per heavy atom. The van der Waals surface area contributed by atoms with Crippen LogP contribution in [-0.2, 0) is 0 Å². The van der Waals surface area contributed by atoms with Gasteiger partial charge in [-0.05, 0) is 26.3 Å². The van der Waals surface area contributed by atoms with E-state index < -0.39 is 0 Å². The summed E-state index contributed by atoms with van der Waals surface area (Å²) < 4.78 is 12.6. The van der Waals surface area contributed by atoms with E-state index in [0.717, 1.165) is 5.57 Å². The average molecular weight is 163 g/mol. The van der Waals surface area contributed by atoms with Gasteiger partial charge in [-0.25, -0.2) is 4.39 Å². The standard InChI is InChI=1S/C8H12ClF/c1-4-8(10)7(9)5-6(2)3/h5H,4H2,1-3H3/b8-7-. The van der Waals surface area contributed by atoms with Crippen LogP contribution in [-0.4, -0.2) is 0 Å². The first kappa shape index (κ1) is 9.70. The molecule has 0 N–H and O–H groups in total. The molecular formula is C8H12ClF. The summed E-state index contributed by atoms with van der Waals surface area (Å²) in [5.74, 6) is -0.247. The maximum absolute atomic E-state index is 12.6. The van der Waals surface area contributed by atoms with Crippen LogP contribution in [0.2, 0.25) is 0 Å². The summed E-state index contributed by atoms with van der Waals surface area (Å²) in [6.07, 6.45) is 1.99. The molecule has 0 bridgehead atoms. The fourth-order valence-corrected chi connectivity index (χ4v) is 0.852. The maximum atomic E-state index is 12.6. The molecule has 0 saturated heterocycles. The van der Waals surface area contributed by atoms with E-state index in [1.54, 1.807) is 13.0 Å². The second-order valence-corrected chi connectivity index (χ2v) is 2.74. The lowest BCUT2D eigenvalue weighted by molar-refractivity contribution is 0.601. The van der Waals surface area contributed by atoms with Crippen LogP contribution in [0.1, 0.15) is 27.2 Å². The Labute approximate surface area is 66.4 Å². The second-order valence-electron chi connectivity index (χ2n) is 2.33. The van der Waals surface area contributed by atoms with Crippen molar-refractivity contribution in [3.05, 3.63) is 22.5 Å². The monoisotopic (exact) mass is 162 g/mol. The lowest BCUT2D eigenvalue weighted by Crippen LogP contribution is -1.74. The Morgan fingerprint density at radius 2 is 2.00 bits per heavy atom. The van der Waals surface area contributed by atoms with Crippen molar-refractivity contribution < 1.29 is 4.39 Å². The highest BCUT2D eigenvalue weighted by atomic mass is 35.5. The third kappa shape index (κ3) is 3.67. The molecule has 0 aromatic rings. The fraction of sp³-hybridized carbons (Fsp3) is 0.500. The molecule has 58 valence electrons. The smallest absolute Gasteiger partial charge is 0.118 e. The third-order valence-electron chi connectivity index (χ3n) is 0.985. The molecule has 2 heteroatoms. The molecule has 0 aliphatic heterocycles. The van der Waals surface area contributed by atoms with Gasteiger partial charge >= 0.3 is 0 Å². The minimum Gasteiger partial charge on any atom is -0.210 e. The predicted molar refractivity (Wildman–Crippen MR) is 43.7 cm³/mol. The predicted octanol–water partition coefficient (Wildman–Crippen LogP) is 3.78. The summed E-state index contributed by atoms with van der Waals surface area (Å²) in [4.78, 5) is 0. The van der Waals surface area contributed by atoms with E-state index >= 15 is 0 Å². The molecular weight excluding hydrogens is 151 g/mol. The van der Waals surface area contributed by atoms with Crippen LogP contribution in [0.15, 0.2) is 22.5 Å². The van der Waals surface area contributed by atoms with Crippen molar-refractivity contribution in [1.29, 1.82) is 0 Å². The lowest BCUT2D eigenvalue weighted by atomic mass is 10.3. The van der Waals surface area contributed by atoms with Gasteiger partial charge in [0, 0.05) is 0 Å². The van der Waals surface area contributed by atoms with Gasteiger partial charge in [0.1, 0.15) is 5.83 Å². The van der Waals surface area contributed by atoms with Crippen molar-refractivity contribution >= 4 is 11.6 Å². The number of hydrogen-bond donors (Lipinski definition) is 0. The van der Waals surface area contributed by atoms with Crippen molar-refractivity contribution in [2.45, 2.75) is 27.2 Å². The van der Waals surface area contributed by atoms with Crippen LogP contribution >= 0.6 is 11.6 Å². The molecule has 0 saturated carbocycles. The van der Waals surface area contributed by atoms with Gasteiger partial charge in [0.2, 0.25) is 0 Å². The molecule has 0 nitrogen and oxygen atoms in total. The molecule has 0 radical (unpaired) electrons. The lowest BCUT2D eigenvalue weighted by Gasteiger charge is -1.93. The first-order chi connectivity index (χ1) is 4.57. The van der Waals surface area contributed by atoms with Gasteiger partial charge in [-0.1, -0.05) is 24.1 Å². The van der Waals surface area contributed by atoms with Gasteiger partial charge < -0.3 is 0 Å². The van der Waals surface area contributed by atoms with Crippen LogP contribution < -0.4 is 0 Å². The summed E-state index contributed by atoms with van der Waals surface area (Å²) in [6.45, 7) is 5.49. The molecule has 0 spiro atoms. The molecule has 0 aliphatic carbocycles. The van der Waals surface area contributed by atoms with Crippen LogP contribution in [0.5, 0.6) is 0 Å². The topological polar surface area (TPSA) is 0 Å². The Balaban J connectivity index is 4.33. The van der Waals surface area contributed by atoms with Crippen LogP contribution in [0.3, 0.4) is 0 Å². The van der Waals surface area contributed by atoms with Gasteiger partial charge in [0.15, 0.2) is 0 Å². The largest absolute Gasteiger partial charge is 0.210 e. The van der Waals surface area contributed by atoms with E-state index in [0.29, 0.717) is 6.42 Å². The molecule has 0 aliphatic rings. The number of hydrogen-bond acceptors (Lipinski definition) is 0. The molecule has 10 heavy (non-hydrogen) atoms. The van der Waals surface area contributed by atoms with E-state index in [1.165, 1.54) is 0 Å². The van der Waals surface area contributed by atoms with E-state index in [1.807, 2.05) is 13.8 Å². The highest BCUT2D eigenvalue weighted by molar-refractivity contribution is 6.31. The zero-order valence-corrected chi connectivity index (χ0v) is 7.30. The molecule has 0 heterocycles. The Bertz CT molecular complexity index is 164. The van der Waals surface area contributed by atoms with Gasteiger partial charge in [-0.2, -0.15) is 0 Å². The van der Waals surface area contributed by atoms with E-state index in [4.69, 9.17) is 11.6 Å². The minimum atomic E-state index is -0.247. The van der Waals surface area contributed by atoms with Gasteiger partial charge in [-0.15, -0.1) is 0 Å². The van der Waals surface area contributed by atoms with Crippen molar-refractivity contribution in [1.82, 2.24) is 0 Å². The SMILES string of the molecule is CC/C(F)=C(/Cl)C=C(C)C.